The maximum Gasteiger partial charge on any atom is 0.229 e. The maximum absolute atomic E-state index is 11.2. The van der Waals surface area contributed by atoms with E-state index in [1.54, 1.807) is 19.2 Å². The summed E-state index contributed by atoms with van der Waals surface area (Å²) in [7, 11) is 0.421. The number of sulfonamides is 1. The lowest BCUT2D eigenvalue weighted by Crippen LogP contribution is -2.38. The summed E-state index contributed by atoms with van der Waals surface area (Å²) in [5.41, 5.74) is 2.65. The molecule has 0 fully saturated rings. The topological polar surface area (TPSA) is 73.8 Å². The number of hydrogen-bond donors (Lipinski definition) is 2. The number of hydrogen-bond acceptors (Lipinski definition) is 3. The first-order chi connectivity index (χ1) is 12.3. The molecular formula is C18H23ClN4O2S. The zero-order valence-corrected chi connectivity index (χ0v) is 16.6. The number of guanidine groups is 1. The molecule has 0 saturated heterocycles. The Kier molecular flexibility index (Phi) is 6.88. The van der Waals surface area contributed by atoms with Crippen molar-refractivity contribution in [3.63, 3.8) is 0 Å². The fourth-order valence-electron chi connectivity index (χ4n) is 2.45. The number of rotatable bonds is 6. The lowest BCUT2D eigenvalue weighted by Gasteiger charge is -2.22. The van der Waals surface area contributed by atoms with Crippen LogP contribution in [0.5, 0.6) is 0 Å². The Hall–Kier alpha value is -2.25. The molecule has 0 aromatic heterocycles. The van der Waals surface area contributed by atoms with E-state index in [0.29, 0.717) is 23.8 Å². The van der Waals surface area contributed by atoms with Gasteiger partial charge in [-0.1, -0.05) is 35.9 Å². The van der Waals surface area contributed by atoms with Crippen LogP contribution in [-0.4, -0.2) is 39.6 Å². The zero-order valence-electron chi connectivity index (χ0n) is 15.0. The molecule has 8 heteroatoms. The predicted octanol–water partition coefficient (Wildman–Crippen LogP) is 2.92. The molecule has 0 radical (unpaired) electrons. The summed E-state index contributed by atoms with van der Waals surface area (Å²) < 4.78 is 24.9. The van der Waals surface area contributed by atoms with Crippen molar-refractivity contribution in [1.29, 1.82) is 0 Å². The molecule has 26 heavy (non-hydrogen) atoms. The summed E-state index contributed by atoms with van der Waals surface area (Å²) in [6.45, 7) is 1.25. The third kappa shape index (κ3) is 6.57. The molecular weight excluding hydrogens is 372 g/mol. The molecule has 0 spiro atoms. The van der Waals surface area contributed by atoms with Crippen molar-refractivity contribution in [3.05, 3.63) is 64.7 Å². The van der Waals surface area contributed by atoms with E-state index in [-0.39, 0.29) is 0 Å². The Morgan fingerprint density at radius 1 is 1.15 bits per heavy atom. The molecule has 140 valence electrons. The van der Waals surface area contributed by atoms with Gasteiger partial charge in [-0.25, -0.2) is 8.42 Å². The van der Waals surface area contributed by atoms with Gasteiger partial charge in [-0.3, -0.25) is 9.71 Å². The number of benzene rings is 2. The smallest absolute Gasteiger partial charge is 0.229 e. The largest absolute Gasteiger partial charge is 0.352 e. The van der Waals surface area contributed by atoms with Crippen molar-refractivity contribution in [1.82, 2.24) is 10.2 Å². The third-order valence-corrected chi connectivity index (χ3v) is 4.43. The number of aliphatic imine (C=N–C) groups is 1. The van der Waals surface area contributed by atoms with E-state index in [4.69, 9.17) is 11.6 Å². The highest BCUT2D eigenvalue weighted by atomic mass is 35.5. The predicted molar refractivity (Wildman–Crippen MR) is 108 cm³/mol. The highest BCUT2D eigenvalue weighted by Crippen LogP contribution is 2.13. The Bertz CT molecular complexity index is 867. The standard InChI is InChI=1S/C18H23ClN4O2S/c1-20-18(23(2)13-15-5-4-6-16(19)11-15)21-12-14-7-9-17(10-8-14)22-26(3,24)25/h4-11,22H,12-13H2,1-3H3,(H,20,21). The summed E-state index contributed by atoms with van der Waals surface area (Å²) in [6, 6.07) is 14.9. The average molecular weight is 395 g/mol. The minimum atomic E-state index is -3.26. The second-order valence-electron chi connectivity index (χ2n) is 5.96. The highest BCUT2D eigenvalue weighted by molar-refractivity contribution is 7.92. The van der Waals surface area contributed by atoms with Crippen molar-refractivity contribution >= 4 is 33.3 Å². The van der Waals surface area contributed by atoms with Crippen molar-refractivity contribution in [3.8, 4) is 0 Å². The Balaban J connectivity index is 1.93. The molecule has 0 aliphatic carbocycles. The van der Waals surface area contributed by atoms with E-state index in [9.17, 15) is 8.42 Å². The van der Waals surface area contributed by atoms with Crippen LogP contribution in [0.4, 0.5) is 5.69 Å². The van der Waals surface area contributed by atoms with E-state index >= 15 is 0 Å². The van der Waals surface area contributed by atoms with Crippen molar-refractivity contribution in [2.45, 2.75) is 13.1 Å². The Morgan fingerprint density at radius 3 is 2.42 bits per heavy atom. The minimum absolute atomic E-state index is 0.540. The minimum Gasteiger partial charge on any atom is -0.352 e. The Morgan fingerprint density at radius 2 is 1.85 bits per heavy atom. The molecule has 2 aromatic rings. The van der Waals surface area contributed by atoms with Gasteiger partial charge in [-0.15, -0.1) is 0 Å². The van der Waals surface area contributed by atoms with Gasteiger partial charge in [-0.05, 0) is 35.4 Å². The summed E-state index contributed by atoms with van der Waals surface area (Å²) in [4.78, 5) is 6.30. The molecule has 2 N–H and O–H groups in total. The molecule has 0 bridgehead atoms. The highest BCUT2D eigenvalue weighted by Gasteiger charge is 2.07. The quantitative estimate of drug-likeness (QED) is 0.583. The monoisotopic (exact) mass is 394 g/mol. The van der Waals surface area contributed by atoms with Crippen LogP contribution in [0.3, 0.4) is 0 Å². The van der Waals surface area contributed by atoms with Crippen LogP contribution in [0.25, 0.3) is 0 Å². The van der Waals surface area contributed by atoms with Crippen LogP contribution in [0, 0.1) is 0 Å². The van der Waals surface area contributed by atoms with Crippen LogP contribution in [0.15, 0.2) is 53.5 Å². The van der Waals surface area contributed by atoms with Crippen LogP contribution in [0.1, 0.15) is 11.1 Å². The number of halogens is 1. The van der Waals surface area contributed by atoms with Crippen LogP contribution in [-0.2, 0) is 23.1 Å². The maximum atomic E-state index is 11.2. The third-order valence-electron chi connectivity index (χ3n) is 3.59. The van der Waals surface area contributed by atoms with Gasteiger partial charge < -0.3 is 10.2 Å². The second-order valence-corrected chi connectivity index (χ2v) is 8.14. The number of nitrogens with zero attached hydrogens (tertiary/aromatic N) is 2. The molecule has 0 heterocycles. The summed E-state index contributed by atoms with van der Waals surface area (Å²) in [5.74, 6) is 0.753. The number of nitrogens with one attached hydrogen (secondary N) is 2. The first kappa shape index (κ1) is 20.1. The average Bonchev–Trinajstić information content (AvgIpc) is 2.55. The van der Waals surface area contributed by atoms with Gasteiger partial charge in [0.25, 0.3) is 0 Å². The number of anilines is 1. The first-order valence-electron chi connectivity index (χ1n) is 8.00. The van der Waals surface area contributed by atoms with E-state index in [2.05, 4.69) is 15.0 Å². The van der Waals surface area contributed by atoms with Gasteiger partial charge in [0.05, 0.1) is 6.26 Å². The van der Waals surface area contributed by atoms with Gasteiger partial charge in [0, 0.05) is 37.9 Å². The molecule has 2 rings (SSSR count). The van der Waals surface area contributed by atoms with E-state index in [1.165, 1.54) is 0 Å². The summed E-state index contributed by atoms with van der Waals surface area (Å²) in [5, 5.41) is 4.00. The molecule has 0 aliphatic heterocycles. The van der Waals surface area contributed by atoms with Crippen molar-refractivity contribution < 1.29 is 8.42 Å². The first-order valence-corrected chi connectivity index (χ1v) is 10.3. The molecule has 0 atom stereocenters. The lowest BCUT2D eigenvalue weighted by atomic mass is 10.2. The van der Waals surface area contributed by atoms with Gasteiger partial charge in [-0.2, -0.15) is 0 Å². The lowest BCUT2D eigenvalue weighted by molar-refractivity contribution is 0.476. The molecule has 0 amide bonds. The molecule has 0 aliphatic rings. The van der Waals surface area contributed by atoms with Gasteiger partial charge in [0.1, 0.15) is 0 Å². The van der Waals surface area contributed by atoms with Gasteiger partial charge in [0.15, 0.2) is 5.96 Å². The molecule has 0 unspecified atom stereocenters. The molecule has 0 saturated carbocycles. The Labute approximate surface area is 159 Å². The summed E-state index contributed by atoms with van der Waals surface area (Å²) >= 11 is 6.03. The van der Waals surface area contributed by atoms with Crippen LogP contribution < -0.4 is 10.0 Å². The van der Waals surface area contributed by atoms with Crippen molar-refractivity contribution in [2.24, 2.45) is 4.99 Å². The van der Waals surface area contributed by atoms with Gasteiger partial charge >= 0.3 is 0 Å². The van der Waals surface area contributed by atoms with Crippen LogP contribution >= 0.6 is 11.6 Å². The zero-order chi connectivity index (χ0) is 19.2. The van der Waals surface area contributed by atoms with E-state index in [1.807, 2.05) is 48.3 Å². The second kappa shape index (κ2) is 8.91. The fourth-order valence-corrected chi connectivity index (χ4v) is 3.23. The van der Waals surface area contributed by atoms with E-state index in [0.717, 1.165) is 23.3 Å². The van der Waals surface area contributed by atoms with E-state index < -0.39 is 10.0 Å². The summed E-state index contributed by atoms with van der Waals surface area (Å²) in [6.07, 6.45) is 1.13. The van der Waals surface area contributed by atoms with Gasteiger partial charge in [0.2, 0.25) is 10.0 Å². The fraction of sp³-hybridized carbons (Fsp3) is 0.278. The SMILES string of the molecule is CN=C(NCc1ccc(NS(C)(=O)=O)cc1)N(C)Cc1cccc(Cl)c1. The molecule has 6 nitrogen and oxygen atoms in total. The normalized spacial score (nSPS) is 11.9. The molecule has 2 aromatic carbocycles. The van der Waals surface area contributed by atoms with Crippen molar-refractivity contribution in [2.75, 3.05) is 25.1 Å². The van der Waals surface area contributed by atoms with Crippen LogP contribution in [0.2, 0.25) is 5.02 Å².